The van der Waals surface area contributed by atoms with Gasteiger partial charge in [0.15, 0.2) is 0 Å². The molecule has 1 unspecified atom stereocenters. The van der Waals surface area contributed by atoms with E-state index in [0.717, 1.165) is 22.6 Å². The minimum absolute atomic E-state index is 0.135. The molecule has 0 aliphatic carbocycles. The Morgan fingerprint density at radius 2 is 2.06 bits per heavy atom. The minimum Gasteiger partial charge on any atom is -0.369 e. The van der Waals surface area contributed by atoms with Gasteiger partial charge in [0.05, 0.1) is 11.7 Å². The molecule has 88 valence electrons. The largest absolute Gasteiger partial charge is 0.369 e. The molecule has 4 nitrogen and oxygen atoms in total. The van der Waals surface area contributed by atoms with Gasteiger partial charge in [-0.1, -0.05) is 0 Å². The van der Waals surface area contributed by atoms with Crippen LogP contribution < -0.4 is 4.90 Å². The quantitative estimate of drug-likeness (QED) is 0.738. The van der Waals surface area contributed by atoms with E-state index in [1.54, 1.807) is 0 Å². The van der Waals surface area contributed by atoms with E-state index in [4.69, 9.17) is 4.74 Å². The van der Waals surface area contributed by atoms with Crippen LogP contribution in [0.4, 0.5) is 5.95 Å². The van der Waals surface area contributed by atoms with Crippen molar-refractivity contribution >= 4 is 28.5 Å². The molecule has 5 heteroatoms. The van der Waals surface area contributed by atoms with Gasteiger partial charge in [-0.25, -0.2) is 9.97 Å². The summed E-state index contributed by atoms with van der Waals surface area (Å²) in [5, 5.41) is 0. The zero-order valence-electron chi connectivity index (χ0n) is 9.77. The molecular formula is C11H16IN3O. The molecule has 2 rings (SSSR count). The van der Waals surface area contributed by atoms with Crippen molar-refractivity contribution in [2.24, 2.45) is 0 Å². The molecule has 1 atom stereocenters. The van der Waals surface area contributed by atoms with Crippen LogP contribution in [0.1, 0.15) is 20.8 Å². The molecule has 1 fully saturated rings. The molecule has 1 aliphatic rings. The van der Waals surface area contributed by atoms with E-state index in [-0.39, 0.29) is 11.7 Å². The summed E-state index contributed by atoms with van der Waals surface area (Å²) in [5.41, 5.74) is -0.135. The molecule has 1 saturated heterocycles. The fourth-order valence-corrected chi connectivity index (χ4v) is 2.35. The van der Waals surface area contributed by atoms with Crippen molar-refractivity contribution in [3.05, 3.63) is 16.0 Å². The predicted octanol–water partition coefficient (Wildman–Crippen LogP) is 2.08. The number of anilines is 1. The van der Waals surface area contributed by atoms with Crippen molar-refractivity contribution in [3.8, 4) is 0 Å². The first-order chi connectivity index (χ1) is 7.46. The third-order valence-corrected chi connectivity index (χ3v) is 3.02. The maximum absolute atomic E-state index is 5.85. The SMILES string of the molecule is CC1CN(c2ncc(I)cn2)CC(C)(C)O1. The lowest BCUT2D eigenvalue weighted by atomic mass is 10.1. The van der Waals surface area contributed by atoms with Gasteiger partial charge >= 0.3 is 0 Å². The van der Waals surface area contributed by atoms with E-state index in [9.17, 15) is 0 Å². The summed E-state index contributed by atoms with van der Waals surface area (Å²) >= 11 is 2.21. The molecule has 0 amide bonds. The monoisotopic (exact) mass is 333 g/mol. The lowest BCUT2D eigenvalue weighted by molar-refractivity contribution is -0.0753. The van der Waals surface area contributed by atoms with Crippen LogP contribution in [-0.4, -0.2) is 34.8 Å². The smallest absolute Gasteiger partial charge is 0.225 e. The Balaban J connectivity index is 2.17. The molecule has 0 saturated carbocycles. The number of ether oxygens (including phenoxy) is 1. The number of hydrogen-bond acceptors (Lipinski definition) is 4. The van der Waals surface area contributed by atoms with Crippen LogP contribution in [-0.2, 0) is 4.74 Å². The first kappa shape index (κ1) is 12.0. The van der Waals surface area contributed by atoms with Gasteiger partial charge in [0.1, 0.15) is 0 Å². The van der Waals surface area contributed by atoms with E-state index in [1.807, 2.05) is 12.4 Å². The number of morpholine rings is 1. The van der Waals surface area contributed by atoms with Gasteiger partial charge in [0.2, 0.25) is 5.95 Å². The van der Waals surface area contributed by atoms with Gasteiger partial charge in [-0.2, -0.15) is 0 Å². The van der Waals surface area contributed by atoms with Gasteiger partial charge in [-0.05, 0) is 43.4 Å². The standard InChI is InChI=1S/C11H16IN3O/c1-8-6-15(7-11(2,3)16-8)10-13-4-9(12)5-14-10/h4-5,8H,6-7H2,1-3H3. The van der Waals surface area contributed by atoms with E-state index in [2.05, 4.69) is 58.2 Å². The van der Waals surface area contributed by atoms with E-state index in [0.29, 0.717) is 0 Å². The van der Waals surface area contributed by atoms with Gasteiger partial charge < -0.3 is 9.64 Å². The number of aromatic nitrogens is 2. The minimum atomic E-state index is -0.135. The summed E-state index contributed by atoms with van der Waals surface area (Å²) in [6.45, 7) is 7.97. The second-order valence-corrected chi connectivity index (χ2v) is 6.02. The lowest BCUT2D eigenvalue weighted by Crippen LogP contribution is -2.52. The summed E-state index contributed by atoms with van der Waals surface area (Å²) in [5.74, 6) is 0.795. The van der Waals surface area contributed by atoms with Crippen molar-refractivity contribution in [2.45, 2.75) is 32.5 Å². The molecule has 0 radical (unpaired) electrons. The van der Waals surface area contributed by atoms with Crippen LogP contribution in [0, 0.1) is 3.57 Å². The van der Waals surface area contributed by atoms with Crippen LogP contribution >= 0.6 is 22.6 Å². The third kappa shape index (κ3) is 2.82. The fraction of sp³-hybridized carbons (Fsp3) is 0.636. The maximum Gasteiger partial charge on any atom is 0.225 e. The summed E-state index contributed by atoms with van der Waals surface area (Å²) in [6, 6.07) is 0. The highest BCUT2D eigenvalue weighted by molar-refractivity contribution is 14.1. The zero-order chi connectivity index (χ0) is 11.8. The molecule has 1 aromatic heterocycles. The Hall–Kier alpha value is -0.430. The second-order valence-electron chi connectivity index (χ2n) is 4.77. The fourth-order valence-electron chi connectivity index (χ4n) is 2.07. The molecule has 16 heavy (non-hydrogen) atoms. The Labute approximate surface area is 110 Å². The molecule has 1 aliphatic heterocycles. The molecule has 0 bridgehead atoms. The van der Waals surface area contributed by atoms with Crippen LogP contribution in [0.5, 0.6) is 0 Å². The number of hydrogen-bond donors (Lipinski definition) is 0. The van der Waals surface area contributed by atoms with Crippen molar-refractivity contribution in [3.63, 3.8) is 0 Å². The van der Waals surface area contributed by atoms with E-state index < -0.39 is 0 Å². The molecule has 0 spiro atoms. The third-order valence-electron chi connectivity index (χ3n) is 2.46. The van der Waals surface area contributed by atoms with Crippen molar-refractivity contribution in [1.29, 1.82) is 0 Å². The summed E-state index contributed by atoms with van der Waals surface area (Å²) < 4.78 is 6.91. The average Bonchev–Trinajstić information content (AvgIpc) is 2.15. The molecular weight excluding hydrogens is 317 g/mol. The highest BCUT2D eigenvalue weighted by atomic mass is 127. The molecule has 2 heterocycles. The Morgan fingerprint density at radius 3 is 2.62 bits per heavy atom. The van der Waals surface area contributed by atoms with Crippen LogP contribution in [0.3, 0.4) is 0 Å². The normalized spacial score (nSPS) is 24.5. The number of rotatable bonds is 1. The van der Waals surface area contributed by atoms with Crippen molar-refractivity contribution in [1.82, 2.24) is 9.97 Å². The second kappa shape index (κ2) is 4.44. The molecule has 1 aromatic rings. The summed E-state index contributed by atoms with van der Waals surface area (Å²) in [6.07, 6.45) is 3.90. The van der Waals surface area contributed by atoms with Crippen LogP contribution in [0.2, 0.25) is 0 Å². The Kier molecular flexibility index (Phi) is 3.34. The zero-order valence-corrected chi connectivity index (χ0v) is 11.9. The highest BCUT2D eigenvalue weighted by Crippen LogP contribution is 2.23. The van der Waals surface area contributed by atoms with Crippen molar-refractivity contribution in [2.75, 3.05) is 18.0 Å². The highest BCUT2D eigenvalue weighted by Gasteiger charge is 2.32. The first-order valence-electron chi connectivity index (χ1n) is 5.36. The molecule has 0 N–H and O–H groups in total. The van der Waals surface area contributed by atoms with Gasteiger partial charge in [0, 0.05) is 29.1 Å². The topological polar surface area (TPSA) is 38.2 Å². The van der Waals surface area contributed by atoms with Gasteiger partial charge in [0.25, 0.3) is 0 Å². The van der Waals surface area contributed by atoms with Gasteiger partial charge in [-0.3, -0.25) is 0 Å². The number of nitrogens with zero attached hydrogens (tertiary/aromatic N) is 3. The van der Waals surface area contributed by atoms with E-state index >= 15 is 0 Å². The van der Waals surface area contributed by atoms with Crippen molar-refractivity contribution < 1.29 is 4.74 Å². The van der Waals surface area contributed by atoms with E-state index in [1.165, 1.54) is 0 Å². The average molecular weight is 333 g/mol. The Morgan fingerprint density at radius 1 is 1.44 bits per heavy atom. The van der Waals surface area contributed by atoms with Crippen LogP contribution in [0.25, 0.3) is 0 Å². The van der Waals surface area contributed by atoms with Gasteiger partial charge in [-0.15, -0.1) is 0 Å². The summed E-state index contributed by atoms with van der Waals surface area (Å²) in [4.78, 5) is 10.9. The maximum atomic E-state index is 5.85. The predicted molar refractivity (Wildman–Crippen MR) is 71.6 cm³/mol. The summed E-state index contributed by atoms with van der Waals surface area (Å²) in [7, 11) is 0. The Bertz CT molecular complexity index is 366. The van der Waals surface area contributed by atoms with Crippen LogP contribution in [0.15, 0.2) is 12.4 Å². The lowest BCUT2D eigenvalue weighted by Gasteiger charge is -2.41. The number of halogens is 1. The first-order valence-corrected chi connectivity index (χ1v) is 6.44. The molecule has 0 aromatic carbocycles.